The smallest absolute Gasteiger partial charge is 0.356 e. The van der Waals surface area contributed by atoms with Crippen LogP contribution in [0.4, 0.5) is 0 Å². The molecule has 2 atom stereocenters. The molecule has 1 aromatic heterocycles. The molecule has 276 valence electrons. The molecule has 2 aliphatic rings. The number of rotatable bonds is 12. The van der Waals surface area contributed by atoms with Crippen LogP contribution in [0.25, 0.3) is 0 Å². The summed E-state index contributed by atoms with van der Waals surface area (Å²) >= 11 is 3.09. The highest BCUT2D eigenvalue weighted by molar-refractivity contribution is 8.00. The number of nitrogens with one attached hydrogen (secondary N) is 1. The van der Waals surface area contributed by atoms with Crippen LogP contribution in [0.3, 0.4) is 0 Å². The molecule has 5 aromatic carbocycles. The van der Waals surface area contributed by atoms with Crippen LogP contribution in [0, 0.1) is 0 Å². The van der Waals surface area contributed by atoms with Crippen molar-refractivity contribution in [1.82, 2.24) is 10.2 Å². The van der Waals surface area contributed by atoms with Crippen LogP contribution < -0.4 is 45.2 Å². The van der Waals surface area contributed by atoms with E-state index < -0.39 is 30.8 Å². The first kappa shape index (κ1) is 38.7. The van der Waals surface area contributed by atoms with Gasteiger partial charge in [-0.05, 0) is 59.0 Å². The molecule has 2 aliphatic heterocycles. The Hall–Kier alpha value is -4.54. The summed E-state index contributed by atoms with van der Waals surface area (Å²) in [5.74, 6) is -0.594. The third-order valence-electron chi connectivity index (χ3n) is 9.92. The summed E-state index contributed by atoms with van der Waals surface area (Å²) in [6.07, 6.45) is 0.0229. The highest BCUT2D eigenvalue weighted by Gasteiger charge is 2.57. The van der Waals surface area contributed by atoms with Crippen molar-refractivity contribution in [3.05, 3.63) is 196 Å². The highest BCUT2D eigenvalue weighted by atomic mass is 127. The van der Waals surface area contributed by atoms with Crippen LogP contribution in [0.5, 0.6) is 0 Å². The van der Waals surface area contributed by atoms with E-state index in [2.05, 4.69) is 78.1 Å². The number of nitrogens with zero attached hydrogens (tertiary/aromatic N) is 1. The normalized spacial score (nSPS) is 16.5. The zero-order valence-electron chi connectivity index (χ0n) is 29.7. The second-order valence-corrected chi connectivity index (χ2v) is 18.9. The number of thioether (sulfide) groups is 1. The first-order valence-electron chi connectivity index (χ1n) is 17.9. The van der Waals surface area contributed by atoms with E-state index in [0.717, 1.165) is 21.6 Å². The molecule has 8 rings (SSSR count). The Balaban J connectivity index is 0.00000465. The maximum Gasteiger partial charge on any atom is 0.356 e. The number of ether oxygens (including phenoxy) is 1. The van der Waals surface area contributed by atoms with Gasteiger partial charge in [-0.15, -0.1) is 23.1 Å². The van der Waals surface area contributed by atoms with Crippen LogP contribution in [-0.2, 0) is 25.5 Å². The molecule has 0 aliphatic carbocycles. The van der Waals surface area contributed by atoms with Gasteiger partial charge in [-0.1, -0.05) is 121 Å². The lowest BCUT2D eigenvalue weighted by Crippen LogP contribution is -3.00. The maximum absolute atomic E-state index is 15.0. The van der Waals surface area contributed by atoms with Gasteiger partial charge in [-0.25, -0.2) is 4.79 Å². The van der Waals surface area contributed by atoms with Crippen LogP contribution >= 0.6 is 30.4 Å². The zero-order chi connectivity index (χ0) is 36.9. The van der Waals surface area contributed by atoms with Crippen LogP contribution in [0.15, 0.2) is 180 Å². The molecule has 1 fully saturated rings. The number of thiophene rings is 1. The van der Waals surface area contributed by atoms with Gasteiger partial charge in [0.1, 0.15) is 40.3 Å². The molecule has 0 radical (unpaired) electrons. The van der Waals surface area contributed by atoms with Crippen molar-refractivity contribution in [2.24, 2.45) is 0 Å². The molecule has 0 spiro atoms. The molecule has 0 saturated carbocycles. The third kappa shape index (κ3) is 7.94. The summed E-state index contributed by atoms with van der Waals surface area (Å²) in [5, 5.41) is 8.00. The van der Waals surface area contributed by atoms with Gasteiger partial charge >= 0.3 is 5.97 Å². The number of hydrogen-bond acceptors (Lipinski definition) is 6. The third-order valence-corrected chi connectivity index (χ3v) is 16.5. The number of β-lactam (4-membered cyclic amide) rings is 1. The van der Waals surface area contributed by atoms with E-state index >= 15 is 0 Å². The van der Waals surface area contributed by atoms with E-state index in [9.17, 15) is 14.4 Å². The van der Waals surface area contributed by atoms with Crippen molar-refractivity contribution in [1.29, 1.82) is 0 Å². The first-order chi connectivity index (χ1) is 26.5. The van der Waals surface area contributed by atoms with Crippen LogP contribution in [0.1, 0.15) is 22.1 Å². The van der Waals surface area contributed by atoms with Gasteiger partial charge in [0.2, 0.25) is 5.91 Å². The first-order valence-corrected chi connectivity index (χ1v) is 21.8. The molecular formula is C45H38IN2O4PS2. The molecule has 1 N–H and O–H groups in total. The minimum atomic E-state index is -2.45. The summed E-state index contributed by atoms with van der Waals surface area (Å²) in [5.41, 5.74) is 2.78. The number of carbonyl (C=O) groups excluding carboxylic acids is 3. The number of amides is 2. The van der Waals surface area contributed by atoms with E-state index in [1.807, 2.05) is 96.4 Å². The number of fused-ring (bicyclic) bond motifs is 1. The van der Waals surface area contributed by atoms with Gasteiger partial charge in [-0.3, -0.25) is 14.5 Å². The molecule has 6 aromatic rings. The quantitative estimate of drug-likeness (QED) is 0.0861. The molecular weight excluding hydrogens is 855 g/mol. The van der Waals surface area contributed by atoms with Gasteiger partial charge < -0.3 is 34.0 Å². The second kappa shape index (κ2) is 17.5. The Morgan fingerprint density at radius 2 is 1.20 bits per heavy atom. The number of benzene rings is 5. The second-order valence-electron chi connectivity index (χ2n) is 13.2. The van der Waals surface area contributed by atoms with Gasteiger partial charge in [0, 0.05) is 16.2 Å². The Morgan fingerprint density at radius 3 is 1.67 bits per heavy atom. The van der Waals surface area contributed by atoms with Gasteiger partial charge in [-0.2, -0.15) is 0 Å². The number of esters is 1. The molecule has 1 saturated heterocycles. The van der Waals surface area contributed by atoms with Crippen molar-refractivity contribution in [3.8, 4) is 0 Å². The predicted molar refractivity (Wildman–Crippen MR) is 221 cm³/mol. The monoisotopic (exact) mass is 892 g/mol. The molecule has 6 nitrogen and oxygen atoms in total. The Labute approximate surface area is 347 Å². The maximum atomic E-state index is 15.0. The summed E-state index contributed by atoms with van der Waals surface area (Å²) in [7, 11) is -2.45. The fraction of sp³-hybridized carbons (Fsp3) is 0.133. The average molecular weight is 893 g/mol. The Bertz CT molecular complexity index is 2130. The lowest BCUT2D eigenvalue weighted by Gasteiger charge is -2.50. The van der Waals surface area contributed by atoms with Crippen molar-refractivity contribution in [3.63, 3.8) is 0 Å². The van der Waals surface area contributed by atoms with Crippen molar-refractivity contribution >= 4 is 64.1 Å². The van der Waals surface area contributed by atoms with E-state index in [0.29, 0.717) is 11.9 Å². The SMILES string of the molecule is O=C(Cc1cccs1)N[C@@H]1C(=O)N2C(C(=O)OC(c3ccccc3)c3ccccc3)=C(C[P+](c3ccccc3)(c3ccccc3)c3ccccc3)CS[C@@H]12.[I-]. The van der Waals surface area contributed by atoms with Crippen molar-refractivity contribution in [2.75, 3.05) is 11.9 Å². The molecule has 2 amide bonds. The Morgan fingerprint density at radius 1 is 0.709 bits per heavy atom. The van der Waals surface area contributed by atoms with Crippen molar-refractivity contribution < 1.29 is 43.1 Å². The van der Waals surface area contributed by atoms with Crippen LogP contribution in [-0.4, -0.2) is 46.0 Å². The Kier molecular flexibility index (Phi) is 12.3. The zero-order valence-corrected chi connectivity index (χ0v) is 34.4. The minimum Gasteiger partial charge on any atom is -1.00 e. The van der Waals surface area contributed by atoms with Crippen LogP contribution in [0.2, 0.25) is 0 Å². The van der Waals surface area contributed by atoms with E-state index in [1.165, 1.54) is 27.3 Å². The summed E-state index contributed by atoms with van der Waals surface area (Å²) in [4.78, 5) is 44.9. The standard InChI is InChI=1S/C45H37N2O4PS2.HI/c48-39(29-38-27-16-28-53-38)46-40-43(49)47-41(45(50)51-42(32-17-6-1-7-18-32)33-19-8-2-9-20-33)34(31-54-44(40)47)30-52(35-21-10-3-11-22-35,36-23-12-4-13-24-36)37-25-14-5-15-26-37;/h1-28,40,42,44H,29-31H2;1H/t40-,44+;/m1./s1. The summed E-state index contributed by atoms with van der Waals surface area (Å²) in [6.45, 7) is 0. The predicted octanol–water partition coefficient (Wildman–Crippen LogP) is 4.28. The summed E-state index contributed by atoms with van der Waals surface area (Å²) < 4.78 is 6.54. The summed E-state index contributed by atoms with van der Waals surface area (Å²) in [6, 6.07) is 54.0. The molecule has 55 heavy (non-hydrogen) atoms. The largest absolute Gasteiger partial charge is 1.00 e. The van der Waals surface area contributed by atoms with Crippen molar-refractivity contribution in [2.45, 2.75) is 23.9 Å². The van der Waals surface area contributed by atoms with E-state index in [-0.39, 0.29) is 47.9 Å². The molecule has 0 unspecified atom stereocenters. The van der Waals surface area contributed by atoms with E-state index in [4.69, 9.17) is 4.74 Å². The van der Waals surface area contributed by atoms with Gasteiger partial charge in [0.15, 0.2) is 6.10 Å². The number of carbonyl (C=O) groups is 3. The molecule has 0 bridgehead atoms. The molecule has 3 heterocycles. The lowest BCUT2D eigenvalue weighted by atomic mass is 10.0. The van der Waals surface area contributed by atoms with Gasteiger partial charge in [0.25, 0.3) is 5.91 Å². The number of halogens is 1. The molecule has 10 heteroatoms. The lowest BCUT2D eigenvalue weighted by molar-refractivity contribution is -0.154. The highest BCUT2D eigenvalue weighted by Crippen LogP contribution is 2.58. The topological polar surface area (TPSA) is 75.7 Å². The minimum absolute atomic E-state index is 0. The fourth-order valence-electron chi connectivity index (χ4n) is 7.39. The van der Waals surface area contributed by atoms with Gasteiger partial charge in [0.05, 0.1) is 12.6 Å². The average Bonchev–Trinajstić information content (AvgIpc) is 3.75. The number of hydrogen-bond donors (Lipinski definition) is 1. The van der Waals surface area contributed by atoms with E-state index in [1.54, 1.807) is 16.7 Å². The fourth-order valence-corrected chi connectivity index (χ4v) is 13.9.